The highest BCUT2D eigenvalue weighted by Gasteiger charge is 2.26. The van der Waals surface area contributed by atoms with Gasteiger partial charge in [-0.3, -0.25) is 14.5 Å². The molecule has 21 heavy (non-hydrogen) atoms. The molecule has 1 N–H and O–H groups in total. The summed E-state index contributed by atoms with van der Waals surface area (Å²) >= 11 is 0. The average Bonchev–Trinajstić information content (AvgIpc) is 2.55. The standard InChI is InChI=1S/C16H22N2O3/c19-13-5-4-8-17-9-11-18(12-10-17)16(21)15(20)14-6-2-1-3-7-14/h1-3,6-7,19H,4-5,8-13H2. The number of ketones is 1. The molecule has 0 radical (unpaired) electrons. The Labute approximate surface area is 125 Å². The Morgan fingerprint density at radius 3 is 2.29 bits per heavy atom. The first-order valence-corrected chi connectivity index (χ1v) is 7.44. The van der Waals surface area contributed by atoms with Crippen molar-refractivity contribution in [1.82, 2.24) is 9.80 Å². The van der Waals surface area contributed by atoms with Crippen molar-refractivity contribution in [1.29, 1.82) is 0 Å². The predicted octanol–water partition coefficient (Wildman–Crippen LogP) is 0.786. The van der Waals surface area contributed by atoms with Crippen LogP contribution in [-0.2, 0) is 4.79 Å². The van der Waals surface area contributed by atoms with Gasteiger partial charge >= 0.3 is 0 Å². The Balaban J connectivity index is 1.82. The van der Waals surface area contributed by atoms with Crippen molar-refractivity contribution in [2.45, 2.75) is 12.8 Å². The van der Waals surface area contributed by atoms with Crippen LogP contribution >= 0.6 is 0 Å². The molecule has 114 valence electrons. The van der Waals surface area contributed by atoms with E-state index >= 15 is 0 Å². The molecule has 0 aromatic heterocycles. The Hall–Kier alpha value is -1.72. The molecule has 0 bridgehead atoms. The number of rotatable bonds is 6. The average molecular weight is 290 g/mol. The predicted molar refractivity (Wildman–Crippen MR) is 80.1 cm³/mol. The number of hydrogen-bond donors (Lipinski definition) is 1. The van der Waals surface area contributed by atoms with Crippen molar-refractivity contribution in [3.8, 4) is 0 Å². The first-order chi connectivity index (χ1) is 10.2. The maximum absolute atomic E-state index is 12.2. The number of carbonyl (C=O) groups excluding carboxylic acids is 2. The SMILES string of the molecule is O=C(C(=O)N1CCN(CCCCO)CC1)c1ccccc1. The monoisotopic (exact) mass is 290 g/mol. The second-order valence-electron chi connectivity index (χ2n) is 5.26. The zero-order valence-corrected chi connectivity index (χ0v) is 12.2. The lowest BCUT2D eigenvalue weighted by Crippen LogP contribution is -2.50. The highest BCUT2D eigenvalue weighted by molar-refractivity contribution is 6.42. The fourth-order valence-electron chi connectivity index (χ4n) is 2.48. The van der Waals surface area contributed by atoms with Gasteiger partial charge in [0.15, 0.2) is 0 Å². The van der Waals surface area contributed by atoms with Crippen LogP contribution in [0, 0.1) is 0 Å². The molecule has 5 heteroatoms. The summed E-state index contributed by atoms with van der Waals surface area (Å²) in [5, 5.41) is 8.77. The summed E-state index contributed by atoms with van der Waals surface area (Å²) in [6.07, 6.45) is 1.78. The minimum Gasteiger partial charge on any atom is -0.396 e. The van der Waals surface area contributed by atoms with Gasteiger partial charge in [0.1, 0.15) is 0 Å². The van der Waals surface area contributed by atoms with Gasteiger partial charge in [0, 0.05) is 38.3 Å². The molecular formula is C16H22N2O3. The first kappa shape index (κ1) is 15.7. The zero-order valence-electron chi connectivity index (χ0n) is 12.2. The third-order valence-electron chi connectivity index (χ3n) is 3.77. The molecule has 1 aliphatic heterocycles. The Morgan fingerprint density at radius 1 is 1.00 bits per heavy atom. The second-order valence-corrected chi connectivity index (χ2v) is 5.26. The fourth-order valence-corrected chi connectivity index (χ4v) is 2.48. The minimum absolute atomic E-state index is 0.226. The van der Waals surface area contributed by atoms with Crippen LogP contribution in [0.4, 0.5) is 0 Å². The molecular weight excluding hydrogens is 268 g/mol. The lowest BCUT2D eigenvalue weighted by Gasteiger charge is -2.34. The molecule has 1 saturated heterocycles. The second kappa shape index (κ2) is 7.90. The minimum atomic E-state index is -0.427. The third-order valence-corrected chi connectivity index (χ3v) is 3.77. The van der Waals surface area contributed by atoms with Crippen molar-refractivity contribution >= 4 is 11.7 Å². The number of aliphatic hydroxyl groups is 1. The number of unbranched alkanes of at least 4 members (excludes halogenated alkanes) is 1. The molecule has 1 aromatic carbocycles. The lowest BCUT2D eigenvalue weighted by molar-refractivity contribution is -0.128. The van der Waals surface area contributed by atoms with E-state index in [0.29, 0.717) is 18.7 Å². The number of amides is 1. The quantitative estimate of drug-likeness (QED) is 0.478. The maximum Gasteiger partial charge on any atom is 0.295 e. The Kier molecular flexibility index (Phi) is 5.90. The van der Waals surface area contributed by atoms with Crippen molar-refractivity contribution in [3.63, 3.8) is 0 Å². The van der Waals surface area contributed by atoms with E-state index in [0.717, 1.165) is 32.5 Å². The van der Waals surface area contributed by atoms with Gasteiger partial charge in [-0.25, -0.2) is 0 Å². The number of aliphatic hydroxyl groups excluding tert-OH is 1. The summed E-state index contributed by atoms with van der Waals surface area (Å²) in [7, 11) is 0. The van der Waals surface area contributed by atoms with E-state index in [-0.39, 0.29) is 6.61 Å². The highest BCUT2D eigenvalue weighted by atomic mass is 16.3. The van der Waals surface area contributed by atoms with E-state index in [1.807, 2.05) is 6.07 Å². The lowest BCUT2D eigenvalue weighted by atomic mass is 10.1. The zero-order chi connectivity index (χ0) is 15.1. The molecule has 1 aromatic rings. The largest absolute Gasteiger partial charge is 0.396 e. The number of Topliss-reactive ketones (excluding diaryl/α,β-unsaturated/α-hetero) is 1. The van der Waals surface area contributed by atoms with Crippen LogP contribution in [0.3, 0.4) is 0 Å². The van der Waals surface area contributed by atoms with Gasteiger partial charge in [-0.15, -0.1) is 0 Å². The van der Waals surface area contributed by atoms with E-state index < -0.39 is 11.7 Å². The summed E-state index contributed by atoms with van der Waals surface area (Å²) in [6, 6.07) is 8.70. The molecule has 0 atom stereocenters. The van der Waals surface area contributed by atoms with Crippen LogP contribution in [0.25, 0.3) is 0 Å². The van der Waals surface area contributed by atoms with Crippen molar-refractivity contribution in [2.75, 3.05) is 39.3 Å². The molecule has 0 spiro atoms. The van der Waals surface area contributed by atoms with E-state index in [2.05, 4.69) is 4.90 Å². The third kappa shape index (κ3) is 4.37. The molecule has 1 fully saturated rings. The number of carbonyl (C=O) groups is 2. The van der Waals surface area contributed by atoms with Gasteiger partial charge < -0.3 is 10.0 Å². The van der Waals surface area contributed by atoms with Crippen LogP contribution in [0.15, 0.2) is 30.3 Å². The number of piperazine rings is 1. The van der Waals surface area contributed by atoms with E-state index in [1.54, 1.807) is 29.2 Å². The number of hydrogen-bond acceptors (Lipinski definition) is 4. The fraction of sp³-hybridized carbons (Fsp3) is 0.500. The summed E-state index contributed by atoms with van der Waals surface area (Å²) < 4.78 is 0. The summed E-state index contributed by atoms with van der Waals surface area (Å²) in [5.41, 5.74) is 0.452. The van der Waals surface area contributed by atoms with Gasteiger partial charge in [0.2, 0.25) is 5.78 Å². The molecule has 1 amide bonds. The normalized spacial score (nSPS) is 16.0. The van der Waals surface area contributed by atoms with E-state index in [4.69, 9.17) is 5.11 Å². The van der Waals surface area contributed by atoms with E-state index in [1.165, 1.54) is 0 Å². The first-order valence-electron chi connectivity index (χ1n) is 7.44. The highest BCUT2D eigenvalue weighted by Crippen LogP contribution is 2.08. The van der Waals surface area contributed by atoms with Gasteiger partial charge in [0.05, 0.1) is 0 Å². The summed E-state index contributed by atoms with van der Waals surface area (Å²) in [6.45, 7) is 3.94. The number of benzene rings is 1. The van der Waals surface area contributed by atoms with Crippen LogP contribution in [0.2, 0.25) is 0 Å². The Morgan fingerprint density at radius 2 is 1.67 bits per heavy atom. The van der Waals surface area contributed by atoms with Crippen LogP contribution in [0.1, 0.15) is 23.2 Å². The van der Waals surface area contributed by atoms with Gasteiger partial charge in [-0.05, 0) is 19.4 Å². The molecule has 1 aliphatic rings. The van der Waals surface area contributed by atoms with Crippen molar-refractivity contribution in [2.24, 2.45) is 0 Å². The smallest absolute Gasteiger partial charge is 0.295 e. The maximum atomic E-state index is 12.2. The van der Waals surface area contributed by atoms with Gasteiger partial charge in [0.25, 0.3) is 5.91 Å². The van der Waals surface area contributed by atoms with Crippen LogP contribution in [0.5, 0.6) is 0 Å². The Bertz CT molecular complexity index is 468. The van der Waals surface area contributed by atoms with E-state index in [9.17, 15) is 9.59 Å². The molecule has 0 aliphatic carbocycles. The summed E-state index contributed by atoms with van der Waals surface area (Å²) in [4.78, 5) is 28.2. The summed E-state index contributed by atoms with van der Waals surface area (Å²) in [5.74, 6) is -0.833. The molecule has 0 unspecified atom stereocenters. The molecule has 1 heterocycles. The molecule has 2 rings (SSSR count). The van der Waals surface area contributed by atoms with Gasteiger partial charge in [-0.1, -0.05) is 30.3 Å². The number of nitrogens with zero attached hydrogens (tertiary/aromatic N) is 2. The molecule has 5 nitrogen and oxygen atoms in total. The topological polar surface area (TPSA) is 60.9 Å². The van der Waals surface area contributed by atoms with Crippen LogP contribution in [-0.4, -0.2) is 65.9 Å². The molecule has 0 saturated carbocycles. The van der Waals surface area contributed by atoms with Crippen molar-refractivity contribution in [3.05, 3.63) is 35.9 Å². The van der Waals surface area contributed by atoms with Crippen molar-refractivity contribution < 1.29 is 14.7 Å². The van der Waals surface area contributed by atoms with Gasteiger partial charge in [-0.2, -0.15) is 0 Å². The van der Waals surface area contributed by atoms with Crippen LogP contribution < -0.4 is 0 Å².